The van der Waals surface area contributed by atoms with E-state index in [4.69, 9.17) is 9.47 Å². The van der Waals surface area contributed by atoms with Gasteiger partial charge >= 0.3 is 0 Å². The van der Waals surface area contributed by atoms with E-state index in [0.717, 1.165) is 16.4 Å². The summed E-state index contributed by atoms with van der Waals surface area (Å²) in [7, 11) is -1.06. The minimum atomic E-state index is -4.10. The number of hydrogen-bond donors (Lipinski definition) is 0. The third-order valence-electron chi connectivity index (χ3n) is 4.32. The molecular weight excluding hydrogens is 422 g/mol. The molecule has 3 aromatic carbocycles. The van der Waals surface area contributed by atoms with E-state index >= 15 is 0 Å². The summed E-state index contributed by atoms with van der Waals surface area (Å²) < 4.78 is 37.8. The first-order valence-electron chi connectivity index (χ1n) is 8.96. The second-order valence-corrected chi connectivity index (χ2v) is 8.01. The zero-order valence-corrected chi connectivity index (χ0v) is 17.5. The maximum atomic E-state index is 13.3. The Bertz CT molecular complexity index is 1180. The van der Waals surface area contributed by atoms with E-state index in [-0.39, 0.29) is 10.6 Å². The van der Waals surface area contributed by atoms with Crippen LogP contribution in [-0.2, 0) is 10.0 Å². The summed E-state index contributed by atoms with van der Waals surface area (Å²) in [5, 5.41) is 10.9. The van der Waals surface area contributed by atoms with Crippen molar-refractivity contribution in [3.05, 3.63) is 82.9 Å². The van der Waals surface area contributed by atoms with E-state index in [1.807, 2.05) is 0 Å². The largest absolute Gasteiger partial charge is 0.497 e. The smallest absolute Gasteiger partial charge is 0.269 e. The Morgan fingerprint density at radius 1 is 0.871 bits per heavy atom. The second-order valence-electron chi connectivity index (χ2n) is 6.19. The van der Waals surface area contributed by atoms with Crippen LogP contribution in [0.2, 0.25) is 0 Å². The van der Waals surface area contributed by atoms with Crippen LogP contribution in [0.5, 0.6) is 11.5 Å². The lowest BCUT2D eigenvalue weighted by atomic mass is 10.3. The number of non-ortho nitro benzene ring substituents is 1. The number of sulfonamides is 1. The Hall–Kier alpha value is -3.92. The second kappa shape index (κ2) is 9.26. The van der Waals surface area contributed by atoms with E-state index in [1.165, 1.54) is 25.6 Å². The first-order chi connectivity index (χ1) is 14.8. The van der Waals surface area contributed by atoms with Gasteiger partial charge in [-0.25, -0.2) is 17.7 Å². The standard InChI is InChI=1S/C21H19N3O6S/c1-29-19-9-3-16(4-10-19)22-15-23(17-5-11-20(30-2)12-6-17)31(27,28)21-13-7-18(8-14-21)24(25)26/h3-15H,1-2H3. The van der Waals surface area contributed by atoms with Gasteiger partial charge in [0.15, 0.2) is 0 Å². The molecule has 3 aromatic rings. The van der Waals surface area contributed by atoms with E-state index in [2.05, 4.69) is 4.99 Å². The van der Waals surface area contributed by atoms with Crippen LogP contribution in [-0.4, -0.2) is 33.9 Å². The van der Waals surface area contributed by atoms with Crippen molar-refractivity contribution < 1.29 is 22.8 Å². The molecule has 10 heteroatoms. The molecule has 0 aliphatic rings. The lowest BCUT2D eigenvalue weighted by molar-refractivity contribution is -0.384. The lowest BCUT2D eigenvalue weighted by Crippen LogP contribution is -2.29. The maximum absolute atomic E-state index is 13.3. The number of nitro benzene ring substituents is 1. The van der Waals surface area contributed by atoms with Gasteiger partial charge in [-0.05, 0) is 60.7 Å². The molecule has 0 atom stereocenters. The molecule has 9 nitrogen and oxygen atoms in total. The number of hydrogen-bond acceptors (Lipinski definition) is 7. The average Bonchev–Trinajstić information content (AvgIpc) is 2.80. The number of methoxy groups -OCH3 is 2. The van der Waals surface area contributed by atoms with Gasteiger partial charge in [0, 0.05) is 12.1 Å². The molecule has 0 fully saturated rings. The van der Waals surface area contributed by atoms with Gasteiger partial charge in [0.1, 0.15) is 17.8 Å². The molecule has 0 heterocycles. The Kier molecular flexibility index (Phi) is 6.51. The Labute approximate surface area is 179 Å². The van der Waals surface area contributed by atoms with Gasteiger partial charge in [0.05, 0.1) is 35.4 Å². The van der Waals surface area contributed by atoms with Crippen LogP contribution in [0.3, 0.4) is 0 Å². The van der Waals surface area contributed by atoms with Crippen LogP contribution in [0.1, 0.15) is 0 Å². The normalized spacial score (nSPS) is 11.3. The van der Waals surface area contributed by atoms with Crippen LogP contribution in [0, 0.1) is 10.1 Å². The number of nitrogens with zero attached hydrogens (tertiary/aromatic N) is 3. The summed E-state index contributed by atoms with van der Waals surface area (Å²) in [6.45, 7) is 0. The van der Waals surface area contributed by atoms with E-state index in [9.17, 15) is 18.5 Å². The third-order valence-corrected chi connectivity index (χ3v) is 6.01. The fraction of sp³-hybridized carbons (Fsp3) is 0.0952. The summed E-state index contributed by atoms with van der Waals surface area (Å²) in [4.78, 5) is 14.4. The molecule has 0 aliphatic heterocycles. The van der Waals surface area contributed by atoms with Crippen LogP contribution in [0.4, 0.5) is 17.1 Å². The van der Waals surface area contributed by atoms with Gasteiger partial charge in [0.25, 0.3) is 15.7 Å². The molecule has 0 saturated heterocycles. The van der Waals surface area contributed by atoms with Crippen LogP contribution in [0.15, 0.2) is 82.7 Å². The highest BCUT2D eigenvalue weighted by Crippen LogP contribution is 2.27. The van der Waals surface area contributed by atoms with Gasteiger partial charge in [0.2, 0.25) is 0 Å². The molecule has 0 saturated carbocycles. The van der Waals surface area contributed by atoms with Crippen molar-refractivity contribution in [1.82, 2.24) is 0 Å². The maximum Gasteiger partial charge on any atom is 0.269 e. The van der Waals surface area contributed by atoms with Crippen molar-refractivity contribution in [2.45, 2.75) is 4.90 Å². The number of nitro groups is 1. The predicted octanol–water partition coefficient (Wildman–Crippen LogP) is 4.17. The minimum Gasteiger partial charge on any atom is -0.497 e. The summed E-state index contributed by atoms with van der Waals surface area (Å²) >= 11 is 0. The van der Waals surface area contributed by atoms with Crippen molar-refractivity contribution in [3.8, 4) is 11.5 Å². The SMILES string of the molecule is COc1ccc(N=CN(c2ccc(OC)cc2)S(=O)(=O)c2ccc([N+](=O)[O-])cc2)cc1. The molecule has 0 aliphatic carbocycles. The number of ether oxygens (including phenoxy) is 2. The molecule has 3 rings (SSSR count). The molecular formula is C21H19N3O6S. The highest BCUT2D eigenvalue weighted by atomic mass is 32.2. The highest BCUT2D eigenvalue weighted by molar-refractivity contribution is 7.93. The van der Waals surface area contributed by atoms with Gasteiger partial charge in [-0.2, -0.15) is 0 Å². The first kappa shape index (κ1) is 21.8. The zero-order valence-electron chi connectivity index (χ0n) is 16.7. The molecule has 0 radical (unpaired) electrons. The van der Waals surface area contributed by atoms with Crippen molar-refractivity contribution in [1.29, 1.82) is 0 Å². The topological polar surface area (TPSA) is 111 Å². The van der Waals surface area contributed by atoms with E-state index < -0.39 is 14.9 Å². The molecule has 0 spiro atoms. The fourth-order valence-corrected chi connectivity index (χ4v) is 3.92. The molecule has 0 unspecified atom stereocenters. The average molecular weight is 441 g/mol. The van der Waals surface area contributed by atoms with Crippen LogP contribution in [0.25, 0.3) is 0 Å². The molecule has 0 bridgehead atoms. The molecule has 0 N–H and O–H groups in total. The summed E-state index contributed by atoms with van der Waals surface area (Å²) in [5.74, 6) is 1.20. The fourth-order valence-electron chi connectivity index (χ4n) is 2.64. The zero-order chi connectivity index (χ0) is 22.4. The van der Waals surface area contributed by atoms with Gasteiger partial charge in [-0.15, -0.1) is 0 Å². The number of aliphatic imine (C=N–C) groups is 1. The number of benzene rings is 3. The predicted molar refractivity (Wildman–Crippen MR) is 117 cm³/mol. The highest BCUT2D eigenvalue weighted by Gasteiger charge is 2.25. The van der Waals surface area contributed by atoms with Crippen molar-refractivity contribution in [2.75, 3.05) is 18.5 Å². The van der Waals surface area contributed by atoms with Gasteiger partial charge < -0.3 is 9.47 Å². The summed E-state index contributed by atoms with van der Waals surface area (Å²) in [6.07, 6.45) is 1.18. The molecule has 31 heavy (non-hydrogen) atoms. The quantitative estimate of drug-likeness (QED) is 0.224. The first-order valence-corrected chi connectivity index (χ1v) is 10.4. The lowest BCUT2D eigenvalue weighted by Gasteiger charge is -2.20. The summed E-state index contributed by atoms with van der Waals surface area (Å²) in [5.41, 5.74) is 0.622. The monoisotopic (exact) mass is 441 g/mol. The van der Waals surface area contributed by atoms with Crippen molar-refractivity contribution in [2.24, 2.45) is 4.99 Å². The third kappa shape index (κ3) is 4.98. The summed E-state index contributed by atoms with van der Waals surface area (Å²) in [6, 6.07) is 17.8. The Morgan fingerprint density at radius 3 is 1.87 bits per heavy atom. The number of rotatable bonds is 8. The molecule has 0 aromatic heterocycles. The van der Waals surface area contributed by atoms with Crippen LogP contribution >= 0.6 is 0 Å². The minimum absolute atomic E-state index is 0.116. The van der Waals surface area contributed by atoms with Crippen LogP contribution < -0.4 is 13.8 Å². The number of anilines is 1. The Morgan fingerprint density at radius 2 is 1.39 bits per heavy atom. The van der Waals surface area contributed by atoms with E-state index in [1.54, 1.807) is 55.6 Å². The molecule has 0 amide bonds. The van der Waals surface area contributed by atoms with E-state index in [0.29, 0.717) is 22.9 Å². The Balaban J connectivity index is 2.02. The van der Waals surface area contributed by atoms with Crippen molar-refractivity contribution in [3.63, 3.8) is 0 Å². The van der Waals surface area contributed by atoms with Crippen molar-refractivity contribution >= 4 is 33.4 Å². The van der Waals surface area contributed by atoms with Gasteiger partial charge in [-0.3, -0.25) is 10.1 Å². The van der Waals surface area contributed by atoms with Gasteiger partial charge in [-0.1, -0.05) is 0 Å². The molecule has 160 valence electrons.